The van der Waals surface area contributed by atoms with E-state index < -0.39 is 26.0 Å². The molecule has 5 heterocycles. The lowest BCUT2D eigenvalue weighted by Crippen LogP contribution is -2.40. The fraction of sp³-hybridized carbons (Fsp3) is 0.318. The molecule has 0 spiro atoms. The Morgan fingerprint density at radius 3 is 1.64 bits per heavy atom. The number of carboxylic acids is 1. The van der Waals surface area contributed by atoms with Crippen molar-refractivity contribution < 1.29 is 45.1 Å². The SMILES string of the molecule is O=C(O)c1cc2c(Cl)c(N3CCCN(S(=O)(=O)c4cc(Cl)ccc4Cl)CC3)ccc2o1.O=C(c1cc2c(Cl)c(N3CCCN(S(=O)(=O)c4cccc(Cl)c4Cl)CC3)ccc2o1)N1CCOCC1. The number of sulfonamides is 2. The minimum atomic E-state index is -3.82. The van der Waals surface area contributed by atoms with Gasteiger partial charge in [0.05, 0.1) is 49.7 Å². The smallest absolute Gasteiger partial charge is 0.371 e. The van der Waals surface area contributed by atoms with E-state index in [9.17, 15) is 26.4 Å². The summed E-state index contributed by atoms with van der Waals surface area (Å²) in [5.41, 5.74) is 2.35. The number of morpholine rings is 1. The first-order chi connectivity index (χ1) is 31.9. The number of carbonyl (C=O) groups excluding carboxylic acids is 1. The normalized spacial score (nSPS) is 17.0. The van der Waals surface area contributed by atoms with E-state index in [1.807, 2.05) is 15.9 Å². The van der Waals surface area contributed by atoms with Crippen LogP contribution in [0.15, 0.2) is 91.4 Å². The van der Waals surface area contributed by atoms with Crippen molar-refractivity contribution in [2.24, 2.45) is 0 Å². The molecule has 3 saturated heterocycles. The molecule has 23 heteroatoms. The Kier molecular flexibility index (Phi) is 15.2. The van der Waals surface area contributed by atoms with Crippen molar-refractivity contribution in [3.63, 3.8) is 0 Å². The van der Waals surface area contributed by atoms with Gasteiger partial charge in [-0.25, -0.2) is 21.6 Å². The maximum atomic E-state index is 13.3. The summed E-state index contributed by atoms with van der Waals surface area (Å²) in [7, 11) is -7.63. The Morgan fingerprint density at radius 1 is 0.537 bits per heavy atom. The van der Waals surface area contributed by atoms with Crippen LogP contribution in [-0.2, 0) is 24.8 Å². The standard InChI is InChI=1S/C24H24Cl3N3O5S.C20H17Cl3N2O5S/c25-17-3-1-4-21(23(17)27)36(32,33)30-8-2-7-28(9-10-30)18-5-6-19-16(22(18)26)15-20(35-19)24(31)29-11-13-34-14-12-29;21-12-2-3-14(22)18(10-12)31(28,29)25-7-1-6-24(8-9-25)15-4-5-16-13(19(15)23)11-17(30-16)20(26)27/h1,3-6,15H,2,7-14H2;2-5,10-11H,1,6-9H2,(H,26,27). The van der Waals surface area contributed by atoms with E-state index in [-0.39, 0.29) is 55.4 Å². The molecule has 1 amide bonds. The van der Waals surface area contributed by atoms with Gasteiger partial charge in [0.25, 0.3) is 5.91 Å². The van der Waals surface area contributed by atoms with Gasteiger partial charge in [0.15, 0.2) is 5.76 Å². The van der Waals surface area contributed by atoms with Crippen LogP contribution in [0.3, 0.4) is 0 Å². The maximum absolute atomic E-state index is 13.3. The molecule has 67 heavy (non-hydrogen) atoms. The number of furan rings is 2. The number of ether oxygens (including phenoxy) is 1. The number of nitrogens with zero attached hydrogens (tertiary/aromatic N) is 5. The summed E-state index contributed by atoms with van der Waals surface area (Å²) >= 11 is 37.7. The van der Waals surface area contributed by atoms with Crippen molar-refractivity contribution in [3.8, 4) is 0 Å². The fourth-order valence-electron chi connectivity index (χ4n) is 8.14. The van der Waals surface area contributed by atoms with Gasteiger partial charge < -0.3 is 33.4 Å². The van der Waals surface area contributed by atoms with Gasteiger partial charge in [-0.05, 0) is 73.5 Å². The van der Waals surface area contributed by atoms with Gasteiger partial charge in [0, 0.05) is 87.3 Å². The minimum absolute atomic E-state index is 0.000398. The maximum Gasteiger partial charge on any atom is 0.371 e. The predicted molar refractivity (Wildman–Crippen MR) is 260 cm³/mol. The minimum Gasteiger partial charge on any atom is -0.475 e. The first-order valence-electron chi connectivity index (χ1n) is 20.9. The molecule has 3 aliphatic rings. The molecule has 3 aliphatic heterocycles. The van der Waals surface area contributed by atoms with Crippen molar-refractivity contribution in [3.05, 3.63) is 114 Å². The van der Waals surface area contributed by atoms with Crippen molar-refractivity contribution in [2.75, 3.05) is 88.5 Å². The van der Waals surface area contributed by atoms with Gasteiger partial charge in [-0.1, -0.05) is 75.7 Å². The van der Waals surface area contributed by atoms with Gasteiger partial charge in [-0.15, -0.1) is 0 Å². The lowest BCUT2D eigenvalue weighted by atomic mass is 10.2. The number of carbonyl (C=O) groups is 2. The Bertz CT molecular complexity index is 3090. The van der Waals surface area contributed by atoms with E-state index in [1.165, 1.54) is 38.9 Å². The average molecular weight is 1080 g/mol. The van der Waals surface area contributed by atoms with Crippen LogP contribution >= 0.6 is 69.6 Å². The topological polar surface area (TPSA) is 174 Å². The van der Waals surface area contributed by atoms with Crippen molar-refractivity contribution in [2.45, 2.75) is 22.6 Å². The van der Waals surface area contributed by atoms with Crippen LogP contribution in [0.4, 0.5) is 11.4 Å². The Balaban J connectivity index is 0.000000184. The number of halogens is 6. The van der Waals surface area contributed by atoms with Crippen molar-refractivity contribution >= 4 is 135 Å². The highest BCUT2D eigenvalue weighted by atomic mass is 35.5. The van der Waals surface area contributed by atoms with E-state index in [4.69, 9.17) is 88.3 Å². The van der Waals surface area contributed by atoms with Gasteiger partial charge in [-0.3, -0.25) is 4.79 Å². The molecule has 15 nitrogen and oxygen atoms in total. The summed E-state index contributed by atoms with van der Waals surface area (Å²) in [5.74, 6) is -1.33. The number of aromatic carboxylic acids is 1. The molecular weight excluding hydrogens is 1040 g/mol. The number of amides is 1. The van der Waals surface area contributed by atoms with Gasteiger partial charge in [0.1, 0.15) is 21.0 Å². The third-order valence-electron chi connectivity index (χ3n) is 11.6. The van der Waals surface area contributed by atoms with E-state index >= 15 is 0 Å². The summed E-state index contributed by atoms with van der Waals surface area (Å²) in [5, 5.41) is 11.7. The van der Waals surface area contributed by atoms with Crippen LogP contribution in [-0.4, -0.2) is 126 Å². The van der Waals surface area contributed by atoms with Gasteiger partial charge in [0.2, 0.25) is 25.8 Å². The Morgan fingerprint density at radius 2 is 1.07 bits per heavy atom. The number of benzene rings is 4. The second-order valence-electron chi connectivity index (χ2n) is 15.7. The molecule has 0 atom stereocenters. The first kappa shape index (κ1) is 49.4. The number of hydrogen-bond donors (Lipinski definition) is 1. The van der Waals surface area contributed by atoms with E-state index in [1.54, 1.807) is 41.3 Å². The molecule has 0 unspecified atom stereocenters. The highest BCUT2D eigenvalue weighted by molar-refractivity contribution is 7.89. The second kappa shape index (κ2) is 20.5. The highest BCUT2D eigenvalue weighted by Crippen LogP contribution is 2.39. The Labute approximate surface area is 416 Å². The molecule has 0 bridgehead atoms. The van der Waals surface area contributed by atoms with Crippen LogP contribution in [0.2, 0.25) is 30.1 Å². The third kappa shape index (κ3) is 10.3. The summed E-state index contributed by atoms with van der Waals surface area (Å²) < 4.78 is 72.1. The zero-order chi connectivity index (χ0) is 47.8. The molecular formula is C44H41Cl6N5O10S2. The van der Waals surface area contributed by atoms with Crippen LogP contribution in [0, 0.1) is 0 Å². The number of carboxylic acid groups (broad SMARTS) is 1. The average Bonchev–Trinajstić information content (AvgIpc) is 3.77. The molecule has 356 valence electrons. The molecule has 2 aromatic heterocycles. The number of rotatable bonds is 8. The van der Waals surface area contributed by atoms with Crippen molar-refractivity contribution in [1.29, 1.82) is 0 Å². The number of hydrogen-bond acceptors (Lipinski definition) is 11. The molecule has 0 aliphatic carbocycles. The van der Waals surface area contributed by atoms with E-state index in [2.05, 4.69) is 0 Å². The number of fused-ring (bicyclic) bond motifs is 2. The van der Waals surface area contributed by atoms with Gasteiger partial charge >= 0.3 is 5.97 Å². The molecule has 1 N–H and O–H groups in total. The summed E-state index contributed by atoms with van der Waals surface area (Å²) in [6, 6.07) is 19.1. The zero-order valence-corrected chi connectivity index (χ0v) is 41.4. The third-order valence-corrected chi connectivity index (χ3v) is 17.9. The molecule has 9 rings (SSSR count). The highest BCUT2D eigenvalue weighted by Gasteiger charge is 2.32. The quantitative estimate of drug-likeness (QED) is 0.153. The van der Waals surface area contributed by atoms with Crippen molar-refractivity contribution in [1.82, 2.24) is 13.5 Å². The molecule has 3 fully saturated rings. The summed E-state index contributed by atoms with van der Waals surface area (Å²) in [6.45, 7) is 5.18. The zero-order valence-electron chi connectivity index (χ0n) is 35.3. The molecule has 0 saturated carbocycles. The lowest BCUT2D eigenvalue weighted by Gasteiger charge is -2.25. The fourth-order valence-corrected chi connectivity index (χ4v) is 13.2. The largest absolute Gasteiger partial charge is 0.475 e. The molecule has 6 aromatic rings. The summed E-state index contributed by atoms with van der Waals surface area (Å²) in [6.07, 6.45) is 1.16. The lowest BCUT2D eigenvalue weighted by molar-refractivity contribution is 0.0284. The first-order valence-corrected chi connectivity index (χ1v) is 26.0. The summed E-state index contributed by atoms with van der Waals surface area (Å²) in [4.78, 5) is 29.7. The van der Waals surface area contributed by atoms with Crippen LogP contribution in [0.1, 0.15) is 34.0 Å². The monoisotopic (exact) mass is 1070 g/mol. The molecule has 4 aromatic carbocycles. The van der Waals surface area contributed by atoms with E-state index in [0.717, 1.165) is 5.69 Å². The van der Waals surface area contributed by atoms with Crippen LogP contribution < -0.4 is 9.80 Å². The predicted octanol–water partition coefficient (Wildman–Crippen LogP) is 9.76. The molecule has 0 radical (unpaired) electrons. The number of anilines is 2. The second-order valence-corrected chi connectivity index (χ2v) is 21.9. The van der Waals surface area contributed by atoms with Crippen LogP contribution in [0.25, 0.3) is 21.9 Å². The Hall–Kier alpha value is -3.98. The van der Waals surface area contributed by atoms with E-state index in [0.29, 0.717) is 121 Å². The van der Waals surface area contributed by atoms with Gasteiger partial charge in [-0.2, -0.15) is 8.61 Å². The van der Waals surface area contributed by atoms with Crippen LogP contribution in [0.5, 0.6) is 0 Å².